The van der Waals surface area contributed by atoms with Crippen LogP contribution in [0.1, 0.15) is 28.4 Å². The number of aromatic nitrogens is 3. The molecule has 3 rings (SSSR count). The topological polar surface area (TPSA) is 42.7 Å². The van der Waals surface area contributed by atoms with E-state index in [1.165, 1.54) is 9.75 Å². The lowest BCUT2D eigenvalue weighted by atomic mass is 10.1. The van der Waals surface area contributed by atoms with Crippen molar-refractivity contribution < 1.29 is 0 Å². The molecular weight excluding hydrogens is 280 g/mol. The molecule has 21 heavy (non-hydrogen) atoms. The Morgan fingerprint density at radius 3 is 2.67 bits per heavy atom. The number of para-hydroxylation sites is 1. The van der Waals surface area contributed by atoms with Gasteiger partial charge in [-0.2, -0.15) is 0 Å². The summed E-state index contributed by atoms with van der Waals surface area (Å²) in [6.45, 7) is 5.13. The molecule has 4 nitrogen and oxygen atoms in total. The van der Waals surface area contributed by atoms with Gasteiger partial charge in [0.2, 0.25) is 0 Å². The zero-order valence-electron chi connectivity index (χ0n) is 12.2. The average Bonchev–Trinajstić information content (AvgIpc) is 3.15. The van der Waals surface area contributed by atoms with E-state index in [0.29, 0.717) is 0 Å². The predicted octanol–water partition coefficient (Wildman–Crippen LogP) is 3.34. The van der Waals surface area contributed by atoms with Gasteiger partial charge in [0.1, 0.15) is 0 Å². The molecule has 2 heterocycles. The second-order valence-electron chi connectivity index (χ2n) is 4.85. The van der Waals surface area contributed by atoms with Crippen molar-refractivity contribution in [3.05, 3.63) is 64.1 Å². The molecule has 0 aliphatic rings. The van der Waals surface area contributed by atoms with E-state index in [9.17, 15) is 0 Å². The first-order valence-corrected chi connectivity index (χ1v) is 7.87. The number of nitrogens with one attached hydrogen (secondary N) is 1. The number of hydrogen-bond acceptors (Lipinski definition) is 4. The second kappa shape index (κ2) is 6.20. The van der Waals surface area contributed by atoms with E-state index in [1.54, 1.807) is 11.3 Å². The molecule has 1 atom stereocenters. The Labute approximate surface area is 128 Å². The summed E-state index contributed by atoms with van der Waals surface area (Å²) in [5, 5.41) is 11.9. The van der Waals surface area contributed by atoms with Crippen molar-refractivity contribution in [1.82, 2.24) is 20.3 Å². The lowest BCUT2D eigenvalue weighted by Gasteiger charge is -2.17. The fraction of sp³-hybridized carbons (Fsp3) is 0.250. The largest absolute Gasteiger partial charge is 0.305 e. The summed E-state index contributed by atoms with van der Waals surface area (Å²) in [5.74, 6) is 0. The maximum Gasteiger partial charge on any atom is 0.0868 e. The molecule has 1 aromatic carbocycles. The number of rotatable bonds is 5. The number of hydrogen-bond donors (Lipinski definition) is 1. The van der Waals surface area contributed by atoms with Gasteiger partial charge in [0.25, 0.3) is 0 Å². The van der Waals surface area contributed by atoms with Crippen molar-refractivity contribution in [2.45, 2.75) is 19.9 Å². The molecule has 0 spiro atoms. The highest BCUT2D eigenvalue weighted by Crippen LogP contribution is 2.28. The van der Waals surface area contributed by atoms with E-state index in [4.69, 9.17) is 0 Å². The highest BCUT2D eigenvalue weighted by molar-refractivity contribution is 7.12. The van der Waals surface area contributed by atoms with Crippen LogP contribution >= 0.6 is 11.3 Å². The Morgan fingerprint density at radius 1 is 1.19 bits per heavy atom. The molecule has 0 saturated carbocycles. The summed E-state index contributed by atoms with van der Waals surface area (Å²) in [6, 6.07) is 14.6. The minimum Gasteiger partial charge on any atom is -0.305 e. The van der Waals surface area contributed by atoms with Gasteiger partial charge < -0.3 is 5.32 Å². The van der Waals surface area contributed by atoms with E-state index in [1.807, 2.05) is 41.2 Å². The zero-order valence-corrected chi connectivity index (χ0v) is 13.0. The molecule has 1 N–H and O–H groups in total. The molecular formula is C16H18N4S. The van der Waals surface area contributed by atoms with Crippen LogP contribution in [0.5, 0.6) is 0 Å². The first-order valence-electron chi connectivity index (χ1n) is 7.05. The van der Waals surface area contributed by atoms with E-state index >= 15 is 0 Å². The number of thiophene rings is 1. The molecule has 1 unspecified atom stereocenters. The van der Waals surface area contributed by atoms with Crippen molar-refractivity contribution in [2.24, 2.45) is 0 Å². The number of benzene rings is 1. The Kier molecular flexibility index (Phi) is 4.13. The van der Waals surface area contributed by atoms with Crippen LogP contribution < -0.4 is 5.32 Å². The molecule has 0 aliphatic carbocycles. The standard InChI is InChI=1S/C16H18N4S/c1-3-17-16(15-10-9-12(2)21-15)14-11-18-19-20(14)13-7-5-4-6-8-13/h4-11,16-17H,3H2,1-2H3. The molecule has 0 amide bonds. The third kappa shape index (κ3) is 2.89. The quantitative estimate of drug-likeness (QED) is 0.785. The van der Waals surface area contributed by atoms with Crippen molar-refractivity contribution in [3.63, 3.8) is 0 Å². The van der Waals surface area contributed by atoms with E-state index in [2.05, 4.69) is 41.6 Å². The van der Waals surface area contributed by atoms with Crippen LogP contribution in [-0.2, 0) is 0 Å². The van der Waals surface area contributed by atoms with Crippen LogP contribution in [0.4, 0.5) is 0 Å². The maximum atomic E-state index is 4.25. The molecule has 3 aromatic rings. The van der Waals surface area contributed by atoms with Gasteiger partial charge in [0, 0.05) is 9.75 Å². The third-order valence-corrected chi connectivity index (χ3v) is 4.39. The van der Waals surface area contributed by atoms with Gasteiger partial charge in [-0.15, -0.1) is 16.4 Å². The minimum absolute atomic E-state index is 0.115. The van der Waals surface area contributed by atoms with Gasteiger partial charge in [-0.25, -0.2) is 4.68 Å². The maximum absolute atomic E-state index is 4.25. The van der Waals surface area contributed by atoms with Crippen LogP contribution in [0.15, 0.2) is 48.7 Å². The zero-order chi connectivity index (χ0) is 14.7. The predicted molar refractivity (Wildman–Crippen MR) is 85.9 cm³/mol. The summed E-state index contributed by atoms with van der Waals surface area (Å²) in [4.78, 5) is 2.60. The fourth-order valence-corrected chi connectivity index (χ4v) is 3.34. The Morgan fingerprint density at radius 2 is 2.00 bits per heavy atom. The van der Waals surface area contributed by atoms with E-state index in [-0.39, 0.29) is 6.04 Å². The van der Waals surface area contributed by atoms with Crippen LogP contribution in [-0.4, -0.2) is 21.5 Å². The average molecular weight is 298 g/mol. The Hall–Kier alpha value is -1.98. The van der Waals surface area contributed by atoms with Gasteiger partial charge in [-0.3, -0.25) is 0 Å². The van der Waals surface area contributed by atoms with Crippen LogP contribution in [0, 0.1) is 6.92 Å². The molecule has 0 aliphatic heterocycles. The first kappa shape index (κ1) is 14.0. The molecule has 2 aromatic heterocycles. The SMILES string of the molecule is CCNC(c1ccc(C)s1)c1cnnn1-c1ccccc1. The van der Waals surface area contributed by atoms with E-state index in [0.717, 1.165) is 17.9 Å². The highest BCUT2D eigenvalue weighted by atomic mass is 32.1. The van der Waals surface area contributed by atoms with Crippen LogP contribution in [0.3, 0.4) is 0 Å². The van der Waals surface area contributed by atoms with Crippen LogP contribution in [0.2, 0.25) is 0 Å². The first-order chi connectivity index (χ1) is 10.3. The highest BCUT2D eigenvalue weighted by Gasteiger charge is 2.20. The van der Waals surface area contributed by atoms with Gasteiger partial charge in [-0.05, 0) is 37.7 Å². The Balaban J connectivity index is 2.03. The van der Waals surface area contributed by atoms with Gasteiger partial charge in [0.05, 0.1) is 23.6 Å². The molecule has 0 fully saturated rings. The van der Waals surface area contributed by atoms with Crippen molar-refractivity contribution in [1.29, 1.82) is 0 Å². The summed E-state index contributed by atoms with van der Waals surface area (Å²) >= 11 is 1.81. The summed E-state index contributed by atoms with van der Waals surface area (Å²) in [7, 11) is 0. The van der Waals surface area contributed by atoms with Gasteiger partial charge in [0.15, 0.2) is 0 Å². The molecule has 0 saturated heterocycles. The summed E-state index contributed by atoms with van der Waals surface area (Å²) < 4.78 is 1.91. The molecule has 0 radical (unpaired) electrons. The van der Waals surface area contributed by atoms with Gasteiger partial charge in [-0.1, -0.05) is 30.3 Å². The summed E-state index contributed by atoms with van der Waals surface area (Å²) in [5.41, 5.74) is 2.09. The van der Waals surface area contributed by atoms with Crippen molar-refractivity contribution >= 4 is 11.3 Å². The van der Waals surface area contributed by atoms with E-state index < -0.39 is 0 Å². The monoisotopic (exact) mass is 298 g/mol. The van der Waals surface area contributed by atoms with Crippen LogP contribution in [0.25, 0.3) is 5.69 Å². The minimum atomic E-state index is 0.115. The third-order valence-electron chi connectivity index (χ3n) is 3.33. The molecule has 108 valence electrons. The molecule has 5 heteroatoms. The molecule has 0 bridgehead atoms. The Bertz CT molecular complexity index is 702. The van der Waals surface area contributed by atoms with Crippen molar-refractivity contribution in [2.75, 3.05) is 6.54 Å². The fourth-order valence-electron chi connectivity index (χ4n) is 2.37. The lowest BCUT2D eigenvalue weighted by molar-refractivity contribution is 0.599. The number of aryl methyl sites for hydroxylation is 1. The number of nitrogens with zero attached hydrogens (tertiary/aromatic N) is 3. The normalized spacial score (nSPS) is 12.5. The smallest absolute Gasteiger partial charge is 0.0868 e. The van der Waals surface area contributed by atoms with Gasteiger partial charge >= 0.3 is 0 Å². The second-order valence-corrected chi connectivity index (χ2v) is 6.16. The van der Waals surface area contributed by atoms with Crippen molar-refractivity contribution in [3.8, 4) is 5.69 Å². The summed E-state index contributed by atoms with van der Waals surface area (Å²) in [6.07, 6.45) is 1.84. The lowest BCUT2D eigenvalue weighted by Crippen LogP contribution is -2.23.